The maximum atomic E-state index is 13.6. The second-order valence-electron chi connectivity index (χ2n) is 5.31. The fourth-order valence-electron chi connectivity index (χ4n) is 2.23. The maximum Gasteiger partial charge on any atom is 0.250 e. The van der Waals surface area contributed by atoms with Gasteiger partial charge in [-0.3, -0.25) is 4.79 Å². The highest BCUT2D eigenvalue weighted by Crippen LogP contribution is 2.29. The molecule has 2 aromatic rings. The smallest absolute Gasteiger partial charge is 0.250 e. The summed E-state index contributed by atoms with van der Waals surface area (Å²) in [5, 5.41) is 10.5. The van der Waals surface area contributed by atoms with Crippen molar-refractivity contribution in [3.05, 3.63) is 52.9 Å². The van der Waals surface area contributed by atoms with Gasteiger partial charge in [0, 0.05) is 24.2 Å². The lowest BCUT2D eigenvalue weighted by molar-refractivity contribution is 0.0999. The molecule has 0 spiro atoms. The number of halogens is 2. The lowest BCUT2D eigenvalue weighted by Crippen LogP contribution is -2.15. The zero-order valence-electron chi connectivity index (χ0n) is 11.6. The largest absolute Gasteiger partial charge is 0.382 e. The van der Waals surface area contributed by atoms with Crippen LogP contribution in [-0.2, 0) is 6.42 Å². The van der Waals surface area contributed by atoms with Crippen LogP contribution in [0.25, 0.3) is 0 Å². The minimum Gasteiger partial charge on any atom is -0.382 e. The summed E-state index contributed by atoms with van der Waals surface area (Å²) in [4.78, 5) is 11.4. The molecule has 1 aromatic carbocycles. The van der Waals surface area contributed by atoms with Crippen LogP contribution in [0.3, 0.4) is 0 Å². The molecule has 1 heterocycles. The molecular weight excluding hydrogens is 290 g/mol. The van der Waals surface area contributed by atoms with Gasteiger partial charge in [-0.15, -0.1) is 0 Å². The fourth-order valence-corrected chi connectivity index (χ4v) is 2.23. The lowest BCUT2D eigenvalue weighted by Gasteiger charge is -2.13. The molecule has 0 bridgehead atoms. The Morgan fingerprint density at radius 1 is 1.18 bits per heavy atom. The average Bonchev–Trinajstić information content (AvgIpc) is 3.28. The lowest BCUT2D eigenvalue weighted by atomic mass is 10.0. The van der Waals surface area contributed by atoms with E-state index in [0.717, 1.165) is 25.0 Å². The van der Waals surface area contributed by atoms with Crippen molar-refractivity contribution in [2.75, 3.05) is 5.32 Å². The Kier molecular flexibility index (Phi) is 3.70. The topological polar surface area (TPSA) is 80.9 Å². The number of rotatable bonds is 5. The Balaban J connectivity index is 1.97. The van der Waals surface area contributed by atoms with Crippen LogP contribution >= 0.6 is 0 Å². The number of amides is 1. The number of nitrogens with zero attached hydrogens (tertiary/aromatic N) is 2. The van der Waals surface area contributed by atoms with Crippen LogP contribution in [0.2, 0.25) is 0 Å². The van der Waals surface area contributed by atoms with Crippen molar-refractivity contribution in [2.24, 2.45) is 5.73 Å². The quantitative estimate of drug-likeness (QED) is 0.885. The maximum absolute atomic E-state index is 13.6. The molecular formula is C15H14F2N4O. The van der Waals surface area contributed by atoms with Crippen molar-refractivity contribution >= 4 is 11.6 Å². The standard InChI is InChI=1S/C15H14F2N4O/c16-12-4-8(14(5-13(12)17)21-10-1-2-10)3-9-6-19-20-7-11(9)15(18)22/h4-7,10,21H,1-3H2,(H2,18,22). The van der Waals surface area contributed by atoms with Gasteiger partial charge in [0.15, 0.2) is 11.6 Å². The molecule has 0 aliphatic heterocycles. The van der Waals surface area contributed by atoms with Gasteiger partial charge in [0.1, 0.15) is 0 Å². The first-order chi connectivity index (χ1) is 10.5. The monoisotopic (exact) mass is 304 g/mol. The number of carbonyl (C=O) groups is 1. The molecule has 22 heavy (non-hydrogen) atoms. The summed E-state index contributed by atoms with van der Waals surface area (Å²) in [7, 11) is 0. The predicted octanol–water partition coefficient (Wildman–Crippen LogP) is 2.02. The molecule has 3 rings (SSSR count). The molecule has 1 aliphatic rings. The third-order valence-corrected chi connectivity index (χ3v) is 3.54. The van der Waals surface area contributed by atoms with Gasteiger partial charge in [0.05, 0.1) is 18.0 Å². The first kappa shape index (κ1) is 14.4. The van der Waals surface area contributed by atoms with Crippen LogP contribution in [-0.4, -0.2) is 22.1 Å². The number of hydrogen-bond donors (Lipinski definition) is 2. The van der Waals surface area contributed by atoms with E-state index in [4.69, 9.17) is 5.73 Å². The van der Waals surface area contributed by atoms with E-state index in [-0.39, 0.29) is 18.0 Å². The van der Waals surface area contributed by atoms with Gasteiger partial charge in [0.2, 0.25) is 0 Å². The van der Waals surface area contributed by atoms with Crippen LogP contribution in [0.5, 0.6) is 0 Å². The number of benzene rings is 1. The van der Waals surface area contributed by atoms with E-state index in [1.165, 1.54) is 12.4 Å². The second-order valence-corrected chi connectivity index (χ2v) is 5.31. The third kappa shape index (κ3) is 3.03. The van der Waals surface area contributed by atoms with Gasteiger partial charge < -0.3 is 11.1 Å². The van der Waals surface area contributed by atoms with Gasteiger partial charge in [-0.05, 0) is 30.0 Å². The minimum absolute atomic E-state index is 0.208. The van der Waals surface area contributed by atoms with Crippen molar-refractivity contribution in [3.8, 4) is 0 Å². The Labute approximate surface area is 125 Å². The molecule has 0 radical (unpaired) electrons. The van der Waals surface area contributed by atoms with E-state index in [1.807, 2.05) is 0 Å². The minimum atomic E-state index is -0.931. The molecule has 0 unspecified atom stereocenters. The molecule has 0 atom stereocenters. The number of hydrogen-bond acceptors (Lipinski definition) is 4. The van der Waals surface area contributed by atoms with Crippen molar-refractivity contribution < 1.29 is 13.6 Å². The van der Waals surface area contributed by atoms with Crippen molar-refractivity contribution in [1.82, 2.24) is 10.2 Å². The van der Waals surface area contributed by atoms with Gasteiger partial charge in [-0.25, -0.2) is 8.78 Å². The van der Waals surface area contributed by atoms with Crippen molar-refractivity contribution in [1.29, 1.82) is 0 Å². The SMILES string of the molecule is NC(=O)c1cnncc1Cc1cc(F)c(F)cc1NC1CC1. The average molecular weight is 304 g/mol. The van der Waals surface area contributed by atoms with E-state index >= 15 is 0 Å². The zero-order chi connectivity index (χ0) is 15.7. The first-order valence-electron chi connectivity index (χ1n) is 6.88. The van der Waals surface area contributed by atoms with Crippen LogP contribution in [0.15, 0.2) is 24.5 Å². The summed E-state index contributed by atoms with van der Waals surface area (Å²) in [6.45, 7) is 0. The van der Waals surface area contributed by atoms with Gasteiger partial charge in [-0.2, -0.15) is 10.2 Å². The van der Waals surface area contributed by atoms with E-state index in [0.29, 0.717) is 16.8 Å². The van der Waals surface area contributed by atoms with Crippen molar-refractivity contribution in [2.45, 2.75) is 25.3 Å². The van der Waals surface area contributed by atoms with Crippen molar-refractivity contribution in [3.63, 3.8) is 0 Å². The summed E-state index contributed by atoms with van der Waals surface area (Å²) in [5.74, 6) is -2.47. The number of carbonyl (C=O) groups excluding carboxylic acids is 1. The number of aromatic nitrogens is 2. The molecule has 114 valence electrons. The van der Waals surface area contributed by atoms with E-state index in [1.54, 1.807) is 0 Å². The molecule has 7 heteroatoms. The Morgan fingerprint density at radius 3 is 2.55 bits per heavy atom. The van der Waals surface area contributed by atoms with Crippen LogP contribution in [0, 0.1) is 11.6 Å². The Hall–Kier alpha value is -2.57. The highest BCUT2D eigenvalue weighted by Gasteiger charge is 2.23. The Bertz CT molecular complexity index is 731. The first-order valence-corrected chi connectivity index (χ1v) is 6.88. The fraction of sp³-hybridized carbons (Fsp3) is 0.267. The number of nitrogens with one attached hydrogen (secondary N) is 1. The van der Waals surface area contributed by atoms with E-state index in [9.17, 15) is 13.6 Å². The molecule has 3 N–H and O–H groups in total. The molecule has 1 saturated carbocycles. The molecule has 1 fully saturated rings. The van der Waals surface area contributed by atoms with E-state index < -0.39 is 17.5 Å². The molecule has 0 saturated heterocycles. The summed E-state index contributed by atoms with van der Waals surface area (Å²) in [5.41, 5.74) is 7.10. The van der Waals surface area contributed by atoms with Gasteiger partial charge in [-0.1, -0.05) is 0 Å². The summed E-state index contributed by atoms with van der Waals surface area (Å²) < 4.78 is 27.0. The molecule has 1 amide bonds. The number of anilines is 1. The second kappa shape index (κ2) is 5.67. The normalized spacial score (nSPS) is 13.9. The summed E-state index contributed by atoms with van der Waals surface area (Å²) in [6.07, 6.45) is 4.89. The summed E-state index contributed by atoms with van der Waals surface area (Å²) in [6, 6.07) is 2.56. The highest BCUT2D eigenvalue weighted by molar-refractivity contribution is 5.94. The number of nitrogens with two attached hydrogens (primary N) is 1. The predicted molar refractivity (Wildman–Crippen MR) is 76.4 cm³/mol. The third-order valence-electron chi connectivity index (χ3n) is 3.54. The van der Waals surface area contributed by atoms with E-state index in [2.05, 4.69) is 15.5 Å². The Morgan fingerprint density at radius 2 is 1.86 bits per heavy atom. The molecule has 5 nitrogen and oxygen atoms in total. The van der Waals surface area contributed by atoms with Crippen LogP contribution in [0.4, 0.5) is 14.5 Å². The van der Waals surface area contributed by atoms with Gasteiger partial charge in [0.25, 0.3) is 5.91 Å². The zero-order valence-corrected chi connectivity index (χ0v) is 11.6. The van der Waals surface area contributed by atoms with Crippen LogP contribution in [0.1, 0.15) is 34.3 Å². The molecule has 1 aliphatic carbocycles. The number of primary amides is 1. The van der Waals surface area contributed by atoms with Crippen LogP contribution < -0.4 is 11.1 Å². The van der Waals surface area contributed by atoms with Gasteiger partial charge >= 0.3 is 0 Å². The summed E-state index contributed by atoms with van der Waals surface area (Å²) >= 11 is 0. The highest BCUT2D eigenvalue weighted by atomic mass is 19.2. The molecule has 1 aromatic heterocycles.